The van der Waals surface area contributed by atoms with Gasteiger partial charge in [0.1, 0.15) is 5.75 Å². The van der Waals surface area contributed by atoms with Crippen LogP contribution in [0.1, 0.15) is 17.4 Å². The van der Waals surface area contributed by atoms with E-state index in [0.717, 1.165) is 16.5 Å². The predicted octanol–water partition coefficient (Wildman–Crippen LogP) is 3.22. The number of phenolic OH excluding ortho intramolecular Hbond substituents is 1. The van der Waals surface area contributed by atoms with Crippen molar-refractivity contribution in [1.29, 1.82) is 0 Å². The Balaban J connectivity index is 1.86. The number of benzene rings is 2. The van der Waals surface area contributed by atoms with Gasteiger partial charge in [-0.25, -0.2) is 0 Å². The Morgan fingerprint density at radius 1 is 0.950 bits per heavy atom. The molecule has 0 spiro atoms. The molecule has 3 aromatic rings. The molecule has 0 amide bonds. The molecule has 1 unspecified atom stereocenters. The fourth-order valence-corrected chi connectivity index (χ4v) is 2.28. The molecule has 0 fully saturated rings. The number of aromatic nitrogens is 1. The summed E-state index contributed by atoms with van der Waals surface area (Å²) < 4.78 is 0. The van der Waals surface area contributed by atoms with Gasteiger partial charge in [-0.15, -0.1) is 0 Å². The second-order valence-corrected chi connectivity index (χ2v) is 4.82. The van der Waals surface area contributed by atoms with Crippen molar-refractivity contribution in [3.63, 3.8) is 0 Å². The highest BCUT2D eigenvalue weighted by Gasteiger charge is 2.11. The summed E-state index contributed by atoms with van der Waals surface area (Å²) in [4.78, 5) is 4.48. The third-order valence-electron chi connectivity index (χ3n) is 3.30. The summed E-state index contributed by atoms with van der Waals surface area (Å²) in [6.07, 6.45) is -0.249. The van der Waals surface area contributed by atoms with Crippen molar-refractivity contribution in [3.8, 4) is 5.75 Å². The molecule has 0 saturated carbocycles. The van der Waals surface area contributed by atoms with Crippen molar-refractivity contribution < 1.29 is 10.2 Å². The first-order chi connectivity index (χ1) is 9.72. The molecular weight excluding hydrogens is 250 g/mol. The summed E-state index contributed by atoms with van der Waals surface area (Å²) in [5.41, 5.74) is 2.40. The Labute approximate surface area is 117 Å². The van der Waals surface area contributed by atoms with Crippen LogP contribution in [0.25, 0.3) is 10.9 Å². The SMILES string of the molecule is Oc1cccc(CC(O)c2ccc3ccccc3n2)c1. The van der Waals surface area contributed by atoms with Crippen LogP contribution in [0.4, 0.5) is 0 Å². The molecule has 1 aromatic heterocycles. The van der Waals surface area contributed by atoms with Gasteiger partial charge in [-0.05, 0) is 29.8 Å². The summed E-state index contributed by atoms with van der Waals surface area (Å²) in [5.74, 6) is 0.209. The van der Waals surface area contributed by atoms with Gasteiger partial charge in [0.05, 0.1) is 17.3 Å². The highest BCUT2D eigenvalue weighted by Crippen LogP contribution is 2.21. The summed E-state index contributed by atoms with van der Waals surface area (Å²) in [5, 5.41) is 20.8. The highest BCUT2D eigenvalue weighted by molar-refractivity contribution is 5.78. The smallest absolute Gasteiger partial charge is 0.115 e. The lowest BCUT2D eigenvalue weighted by Gasteiger charge is -2.11. The number of pyridine rings is 1. The van der Waals surface area contributed by atoms with Crippen LogP contribution in [0, 0.1) is 0 Å². The van der Waals surface area contributed by atoms with Crippen LogP contribution in [0.5, 0.6) is 5.75 Å². The maximum absolute atomic E-state index is 10.3. The van der Waals surface area contributed by atoms with E-state index in [1.165, 1.54) is 0 Å². The van der Waals surface area contributed by atoms with Crippen molar-refractivity contribution in [2.75, 3.05) is 0 Å². The number of nitrogens with zero attached hydrogens (tertiary/aromatic N) is 1. The van der Waals surface area contributed by atoms with Gasteiger partial charge in [0.25, 0.3) is 0 Å². The van der Waals surface area contributed by atoms with Crippen LogP contribution >= 0.6 is 0 Å². The molecule has 3 rings (SSSR count). The van der Waals surface area contributed by atoms with Crippen molar-refractivity contribution in [3.05, 3.63) is 71.9 Å². The number of rotatable bonds is 3. The Bertz CT molecular complexity index is 740. The Kier molecular flexibility index (Phi) is 3.35. The van der Waals surface area contributed by atoms with Gasteiger partial charge in [-0.1, -0.05) is 36.4 Å². The zero-order valence-electron chi connectivity index (χ0n) is 10.9. The van der Waals surface area contributed by atoms with Gasteiger partial charge in [0, 0.05) is 11.8 Å². The van der Waals surface area contributed by atoms with E-state index in [0.29, 0.717) is 12.1 Å². The Hall–Kier alpha value is -2.39. The first-order valence-electron chi connectivity index (χ1n) is 6.54. The topological polar surface area (TPSA) is 53.4 Å². The molecule has 3 heteroatoms. The normalized spacial score (nSPS) is 12.4. The molecule has 2 N–H and O–H groups in total. The maximum atomic E-state index is 10.3. The third-order valence-corrected chi connectivity index (χ3v) is 3.30. The largest absolute Gasteiger partial charge is 0.508 e. The van der Waals surface area contributed by atoms with Crippen LogP contribution < -0.4 is 0 Å². The van der Waals surface area contributed by atoms with Gasteiger partial charge >= 0.3 is 0 Å². The number of aliphatic hydroxyl groups is 1. The second kappa shape index (κ2) is 5.31. The predicted molar refractivity (Wildman–Crippen MR) is 78.5 cm³/mol. The summed E-state index contributed by atoms with van der Waals surface area (Å²) >= 11 is 0. The van der Waals surface area contributed by atoms with E-state index in [1.807, 2.05) is 42.5 Å². The van der Waals surface area contributed by atoms with Crippen molar-refractivity contribution in [2.24, 2.45) is 0 Å². The number of hydrogen-bond acceptors (Lipinski definition) is 3. The van der Waals surface area contributed by atoms with Gasteiger partial charge in [0.2, 0.25) is 0 Å². The van der Waals surface area contributed by atoms with E-state index in [9.17, 15) is 10.2 Å². The molecular formula is C17H15NO2. The molecule has 100 valence electrons. The summed E-state index contributed by atoms with van der Waals surface area (Å²) in [6.45, 7) is 0. The molecule has 1 atom stereocenters. The average Bonchev–Trinajstić information content (AvgIpc) is 2.47. The van der Waals surface area contributed by atoms with Crippen molar-refractivity contribution in [1.82, 2.24) is 4.98 Å². The summed E-state index contributed by atoms with van der Waals surface area (Å²) in [6, 6.07) is 18.5. The van der Waals surface area contributed by atoms with E-state index in [1.54, 1.807) is 18.2 Å². The number of aliphatic hydroxyl groups excluding tert-OH is 1. The van der Waals surface area contributed by atoms with Crippen molar-refractivity contribution >= 4 is 10.9 Å². The van der Waals surface area contributed by atoms with Gasteiger partial charge in [-0.2, -0.15) is 0 Å². The van der Waals surface area contributed by atoms with Gasteiger partial charge in [-0.3, -0.25) is 4.98 Å². The standard InChI is InChI=1S/C17H15NO2/c19-14-6-3-4-12(10-14)11-17(20)16-9-8-13-5-1-2-7-15(13)18-16/h1-10,17,19-20H,11H2. The highest BCUT2D eigenvalue weighted by atomic mass is 16.3. The number of hydrogen-bond donors (Lipinski definition) is 2. The molecule has 0 radical (unpaired) electrons. The van der Waals surface area contributed by atoms with Crippen LogP contribution in [-0.4, -0.2) is 15.2 Å². The first kappa shape index (κ1) is 12.6. The van der Waals surface area contributed by atoms with Crippen molar-refractivity contribution in [2.45, 2.75) is 12.5 Å². The van der Waals surface area contributed by atoms with Gasteiger partial charge < -0.3 is 10.2 Å². The Morgan fingerprint density at radius 3 is 2.65 bits per heavy atom. The van der Waals surface area contributed by atoms with E-state index >= 15 is 0 Å². The molecule has 1 heterocycles. The van der Waals surface area contributed by atoms with Gasteiger partial charge in [0.15, 0.2) is 0 Å². The number of aromatic hydroxyl groups is 1. The third kappa shape index (κ3) is 2.63. The second-order valence-electron chi connectivity index (χ2n) is 4.82. The minimum atomic E-state index is -0.679. The number of fused-ring (bicyclic) bond motifs is 1. The Morgan fingerprint density at radius 2 is 1.80 bits per heavy atom. The fraction of sp³-hybridized carbons (Fsp3) is 0.118. The minimum absolute atomic E-state index is 0.209. The molecule has 0 saturated heterocycles. The van der Waals surface area contributed by atoms with E-state index < -0.39 is 6.10 Å². The zero-order chi connectivity index (χ0) is 13.9. The van der Waals surface area contributed by atoms with Crippen LogP contribution in [0.2, 0.25) is 0 Å². The van der Waals surface area contributed by atoms with E-state index in [4.69, 9.17) is 0 Å². The van der Waals surface area contributed by atoms with Crippen LogP contribution in [-0.2, 0) is 6.42 Å². The molecule has 2 aromatic carbocycles. The first-order valence-corrected chi connectivity index (χ1v) is 6.54. The number of phenols is 1. The lowest BCUT2D eigenvalue weighted by Crippen LogP contribution is -2.04. The molecule has 0 bridgehead atoms. The summed E-state index contributed by atoms with van der Waals surface area (Å²) in [7, 11) is 0. The lowest BCUT2D eigenvalue weighted by atomic mass is 10.0. The average molecular weight is 265 g/mol. The van der Waals surface area contributed by atoms with E-state index in [-0.39, 0.29) is 5.75 Å². The quantitative estimate of drug-likeness (QED) is 0.764. The number of para-hydroxylation sites is 1. The van der Waals surface area contributed by atoms with Crippen LogP contribution in [0.15, 0.2) is 60.7 Å². The zero-order valence-corrected chi connectivity index (χ0v) is 10.9. The molecule has 0 aliphatic rings. The lowest BCUT2D eigenvalue weighted by molar-refractivity contribution is 0.174. The monoisotopic (exact) mass is 265 g/mol. The molecule has 0 aliphatic carbocycles. The van der Waals surface area contributed by atoms with E-state index in [2.05, 4.69) is 4.98 Å². The fourth-order valence-electron chi connectivity index (χ4n) is 2.28. The molecule has 0 aliphatic heterocycles. The maximum Gasteiger partial charge on any atom is 0.115 e. The van der Waals surface area contributed by atoms with Crippen LogP contribution in [0.3, 0.4) is 0 Å². The minimum Gasteiger partial charge on any atom is -0.508 e. The molecule has 20 heavy (non-hydrogen) atoms. The molecule has 3 nitrogen and oxygen atoms in total.